The third kappa shape index (κ3) is 5.87. The van der Waals surface area contributed by atoms with Crippen LogP contribution in [0.3, 0.4) is 0 Å². The number of carbonyl (C=O) groups is 1. The lowest BCUT2D eigenvalue weighted by Crippen LogP contribution is -2.30. The van der Waals surface area contributed by atoms with Crippen LogP contribution in [0.25, 0.3) is 0 Å². The molecular formula is C20H29N7O3S. The minimum Gasteiger partial charge on any atom is -0.372 e. The van der Waals surface area contributed by atoms with Crippen molar-refractivity contribution in [1.82, 2.24) is 15.2 Å². The number of hydrogen-bond donors (Lipinski definition) is 3. The number of benzene rings is 1. The van der Waals surface area contributed by atoms with E-state index in [1.807, 2.05) is 17.0 Å². The van der Waals surface area contributed by atoms with Gasteiger partial charge in [0.2, 0.25) is 27.8 Å². The van der Waals surface area contributed by atoms with Gasteiger partial charge in [-0.05, 0) is 62.8 Å². The van der Waals surface area contributed by atoms with E-state index >= 15 is 0 Å². The van der Waals surface area contributed by atoms with Crippen molar-refractivity contribution in [2.45, 2.75) is 38.5 Å². The van der Waals surface area contributed by atoms with Gasteiger partial charge in [0.05, 0.1) is 0 Å². The zero-order valence-corrected chi connectivity index (χ0v) is 18.3. The van der Waals surface area contributed by atoms with Gasteiger partial charge >= 0.3 is 0 Å². The first-order valence-corrected chi connectivity index (χ1v) is 12.5. The highest BCUT2D eigenvalue weighted by molar-refractivity contribution is 7.93. The molecule has 2 saturated heterocycles. The second-order valence-corrected chi connectivity index (χ2v) is 9.76. The fraction of sp³-hybridized carbons (Fsp3) is 0.550. The van der Waals surface area contributed by atoms with Gasteiger partial charge in [0, 0.05) is 37.6 Å². The summed E-state index contributed by atoms with van der Waals surface area (Å²) in [6.45, 7) is 3.79. The number of rotatable bonds is 7. The minimum absolute atomic E-state index is 0.145. The average molecular weight is 448 g/mol. The van der Waals surface area contributed by atoms with Crippen molar-refractivity contribution >= 4 is 39.2 Å². The van der Waals surface area contributed by atoms with Gasteiger partial charge in [-0.3, -0.25) is 14.8 Å². The fourth-order valence-corrected chi connectivity index (χ4v) is 4.98. The number of aromatic nitrogens is 3. The standard InChI is InChI=1S/C20H29N7O3S/c28-18(21-19-22-20(24-23-19)27-13-5-2-6-14-27)15-31(29,30)25-16-7-9-17(10-8-16)26-11-3-1-4-12-26/h7-10,25H,1-6,11-15H2,(H2,21,22,23,24,28). The molecule has 1 aromatic heterocycles. The highest BCUT2D eigenvalue weighted by atomic mass is 32.2. The Labute approximate surface area is 182 Å². The van der Waals surface area contributed by atoms with E-state index in [1.165, 1.54) is 25.7 Å². The molecule has 0 atom stereocenters. The minimum atomic E-state index is -3.85. The van der Waals surface area contributed by atoms with Crippen molar-refractivity contribution in [3.63, 3.8) is 0 Å². The van der Waals surface area contributed by atoms with E-state index in [0.717, 1.165) is 44.7 Å². The predicted octanol–water partition coefficient (Wildman–Crippen LogP) is 2.17. The van der Waals surface area contributed by atoms with E-state index in [-0.39, 0.29) is 5.95 Å². The molecule has 4 rings (SSSR count). The molecule has 31 heavy (non-hydrogen) atoms. The summed E-state index contributed by atoms with van der Waals surface area (Å²) >= 11 is 0. The van der Waals surface area contributed by atoms with Crippen LogP contribution < -0.4 is 19.8 Å². The largest absolute Gasteiger partial charge is 0.372 e. The topological polar surface area (TPSA) is 123 Å². The van der Waals surface area contributed by atoms with Gasteiger partial charge in [-0.1, -0.05) is 0 Å². The van der Waals surface area contributed by atoms with E-state index in [0.29, 0.717) is 11.6 Å². The van der Waals surface area contributed by atoms with E-state index in [4.69, 9.17) is 0 Å². The van der Waals surface area contributed by atoms with Crippen LogP contribution in [0.5, 0.6) is 0 Å². The Hall–Kier alpha value is -2.82. The number of nitrogens with zero attached hydrogens (tertiary/aromatic N) is 4. The van der Waals surface area contributed by atoms with Crippen molar-refractivity contribution in [1.29, 1.82) is 0 Å². The van der Waals surface area contributed by atoms with E-state index in [1.54, 1.807) is 12.1 Å². The molecule has 0 spiro atoms. The van der Waals surface area contributed by atoms with Crippen molar-refractivity contribution in [2.24, 2.45) is 0 Å². The molecule has 3 heterocycles. The lowest BCUT2D eigenvalue weighted by molar-refractivity contribution is -0.113. The molecule has 2 aliphatic heterocycles. The Morgan fingerprint density at radius 2 is 1.55 bits per heavy atom. The molecule has 1 aromatic carbocycles. The second kappa shape index (κ2) is 9.54. The monoisotopic (exact) mass is 447 g/mol. The summed E-state index contributed by atoms with van der Waals surface area (Å²) in [5.41, 5.74) is 1.51. The third-order valence-electron chi connectivity index (χ3n) is 5.55. The number of aromatic amines is 1. The fourth-order valence-electron chi connectivity index (χ4n) is 3.99. The molecule has 0 bridgehead atoms. The van der Waals surface area contributed by atoms with Crippen LogP contribution in [0, 0.1) is 0 Å². The molecule has 0 saturated carbocycles. The molecule has 2 fully saturated rings. The molecule has 0 radical (unpaired) electrons. The molecule has 11 heteroatoms. The van der Waals surface area contributed by atoms with E-state index < -0.39 is 21.7 Å². The van der Waals surface area contributed by atoms with Crippen LogP contribution in [-0.2, 0) is 14.8 Å². The maximum absolute atomic E-state index is 12.4. The van der Waals surface area contributed by atoms with Crippen molar-refractivity contribution in [3.05, 3.63) is 24.3 Å². The summed E-state index contributed by atoms with van der Waals surface area (Å²) in [4.78, 5) is 20.8. The Balaban J connectivity index is 1.30. The van der Waals surface area contributed by atoms with Crippen LogP contribution in [0.2, 0.25) is 0 Å². The summed E-state index contributed by atoms with van der Waals surface area (Å²) in [5.74, 6) is -0.726. The van der Waals surface area contributed by atoms with Crippen LogP contribution in [0.15, 0.2) is 24.3 Å². The van der Waals surface area contributed by atoms with Crippen LogP contribution in [-0.4, -0.2) is 61.4 Å². The Bertz CT molecular complexity index is 978. The van der Waals surface area contributed by atoms with Crippen molar-refractivity contribution in [2.75, 3.05) is 51.8 Å². The Morgan fingerprint density at radius 1 is 0.935 bits per heavy atom. The number of anilines is 4. The zero-order valence-electron chi connectivity index (χ0n) is 17.5. The summed E-state index contributed by atoms with van der Waals surface area (Å²) < 4.78 is 27.3. The molecule has 168 valence electrons. The number of carbonyl (C=O) groups excluding carboxylic acids is 1. The third-order valence-corrected chi connectivity index (χ3v) is 6.74. The first kappa shape index (κ1) is 21.4. The highest BCUT2D eigenvalue weighted by Crippen LogP contribution is 2.22. The normalized spacial score (nSPS) is 17.4. The van der Waals surface area contributed by atoms with Gasteiger partial charge in [0.1, 0.15) is 5.75 Å². The molecule has 1 amide bonds. The Kier molecular flexibility index (Phi) is 6.59. The molecular weight excluding hydrogens is 418 g/mol. The smallest absolute Gasteiger partial charge is 0.246 e. The lowest BCUT2D eigenvalue weighted by Gasteiger charge is -2.28. The highest BCUT2D eigenvalue weighted by Gasteiger charge is 2.20. The summed E-state index contributed by atoms with van der Waals surface area (Å²) in [7, 11) is -3.85. The predicted molar refractivity (Wildman–Crippen MR) is 121 cm³/mol. The lowest BCUT2D eigenvalue weighted by atomic mass is 10.1. The second-order valence-electron chi connectivity index (χ2n) is 8.04. The van der Waals surface area contributed by atoms with Gasteiger partial charge < -0.3 is 9.80 Å². The quantitative estimate of drug-likeness (QED) is 0.594. The SMILES string of the molecule is O=C(CS(=O)(=O)Nc1ccc(N2CCCCC2)cc1)Nc1nc(N2CCCCC2)n[nH]1. The summed E-state index contributed by atoms with van der Waals surface area (Å²) in [6.07, 6.45) is 6.96. The Morgan fingerprint density at radius 3 is 2.19 bits per heavy atom. The molecule has 10 nitrogen and oxygen atoms in total. The van der Waals surface area contributed by atoms with Gasteiger partial charge in [-0.25, -0.2) is 13.5 Å². The molecule has 0 aliphatic carbocycles. The van der Waals surface area contributed by atoms with Gasteiger partial charge in [-0.15, -0.1) is 5.10 Å². The van der Waals surface area contributed by atoms with Gasteiger partial charge in [0.15, 0.2) is 0 Å². The van der Waals surface area contributed by atoms with Crippen LogP contribution >= 0.6 is 0 Å². The maximum Gasteiger partial charge on any atom is 0.246 e. The molecule has 2 aromatic rings. The van der Waals surface area contributed by atoms with Crippen LogP contribution in [0.1, 0.15) is 38.5 Å². The number of nitrogens with one attached hydrogen (secondary N) is 3. The zero-order chi connectivity index (χ0) is 21.7. The average Bonchev–Trinajstić information content (AvgIpc) is 3.23. The number of piperidine rings is 2. The number of H-pyrrole nitrogens is 1. The van der Waals surface area contributed by atoms with Crippen molar-refractivity contribution < 1.29 is 13.2 Å². The molecule has 3 N–H and O–H groups in total. The van der Waals surface area contributed by atoms with Crippen LogP contribution in [0.4, 0.5) is 23.3 Å². The molecule has 2 aliphatic rings. The number of amides is 1. The van der Waals surface area contributed by atoms with E-state index in [9.17, 15) is 13.2 Å². The number of hydrogen-bond acceptors (Lipinski definition) is 7. The number of sulfonamides is 1. The maximum atomic E-state index is 12.4. The van der Waals surface area contributed by atoms with E-state index in [2.05, 4.69) is 30.1 Å². The summed E-state index contributed by atoms with van der Waals surface area (Å²) in [6, 6.07) is 7.25. The van der Waals surface area contributed by atoms with Gasteiger partial charge in [0.25, 0.3) is 0 Å². The molecule has 0 unspecified atom stereocenters. The first-order valence-electron chi connectivity index (χ1n) is 10.8. The van der Waals surface area contributed by atoms with Gasteiger partial charge in [-0.2, -0.15) is 4.98 Å². The summed E-state index contributed by atoms with van der Waals surface area (Å²) in [5, 5.41) is 9.24. The first-order chi connectivity index (χ1) is 15.0. The van der Waals surface area contributed by atoms with Crippen molar-refractivity contribution in [3.8, 4) is 0 Å².